The lowest BCUT2D eigenvalue weighted by Gasteiger charge is -2.05. The maximum absolute atomic E-state index is 5.48. The van der Waals surface area contributed by atoms with Gasteiger partial charge < -0.3 is 11.2 Å². The minimum absolute atomic E-state index is 0.433. The van der Waals surface area contributed by atoms with Gasteiger partial charge in [0.15, 0.2) is 0 Å². The van der Waals surface area contributed by atoms with E-state index in [2.05, 4.69) is 10.4 Å². The number of hydrogen-bond acceptors (Lipinski definition) is 4. The van der Waals surface area contributed by atoms with E-state index in [1.54, 1.807) is 6.20 Å². The first-order chi connectivity index (χ1) is 4.75. The number of hydrogen-bond donors (Lipinski definition) is 3. The highest BCUT2D eigenvalue weighted by molar-refractivity contribution is 5.64. The number of anilines is 2. The number of nitrogens with one attached hydrogen (secondary N) is 1. The molecule has 0 aliphatic carbocycles. The van der Waals surface area contributed by atoms with Crippen molar-refractivity contribution in [1.82, 2.24) is 4.98 Å². The van der Waals surface area contributed by atoms with Gasteiger partial charge in [-0.05, 0) is 18.6 Å². The highest BCUT2D eigenvalue weighted by atomic mass is 15.2. The van der Waals surface area contributed by atoms with Gasteiger partial charge in [0.05, 0.1) is 5.69 Å². The quantitative estimate of drug-likeness (QED) is 0.384. The van der Waals surface area contributed by atoms with Gasteiger partial charge in [0.25, 0.3) is 0 Å². The highest BCUT2D eigenvalue weighted by Crippen LogP contribution is 2.17. The van der Waals surface area contributed by atoms with E-state index in [1.165, 1.54) is 0 Å². The van der Waals surface area contributed by atoms with Crippen LogP contribution in [0.1, 0.15) is 5.56 Å². The monoisotopic (exact) mass is 138 g/mol. The lowest BCUT2D eigenvalue weighted by Crippen LogP contribution is -2.11. The van der Waals surface area contributed by atoms with Crippen molar-refractivity contribution in [1.29, 1.82) is 0 Å². The summed E-state index contributed by atoms with van der Waals surface area (Å²) in [6, 6.07) is 1.84. The van der Waals surface area contributed by atoms with E-state index in [1.807, 2.05) is 13.0 Å². The van der Waals surface area contributed by atoms with Crippen LogP contribution in [0.15, 0.2) is 12.3 Å². The van der Waals surface area contributed by atoms with Gasteiger partial charge in [-0.3, -0.25) is 5.84 Å². The van der Waals surface area contributed by atoms with Crippen molar-refractivity contribution in [3.05, 3.63) is 17.8 Å². The summed E-state index contributed by atoms with van der Waals surface area (Å²) in [5.41, 5.74) is 9.65. The molecule has 0 spiro atoms. The van der Waals surface area contributed by atoms with E-state index in [9.17, 15) is 0 Å². The molecule has 4 nitrogen and oxygen atoms in total. The van der Waals surface area contributed by atoms with E-state index < -0.39 is 0 Å². The largest absolute Gasteiger partial charge is 0.382 e. The van der Waals surface area contributed by atoms with Crippen LogP contribution >= 0.6 is 0 Å². The van der Waals surface area contributed by atoms with Gasteiger partial charge in [-0.1, -0.05) is 0 Å². The van der Waals surface area contributed by atoms with Gasteiger partial charge in [0.1, 0.15) is 5.82 Å². The van der Waals surface area contributed by atoms with Crippen LogP contribution < -0.4 is 17.0 Å². The Morgan fingerprint density at radius 2 is 2.30 bits per heavy atom. The maximum Gasteiger partial charge on any atom is 0.148 e. The minimum Gasteiger partial charge on any atom is -0.382 e. The Kier molecular flexibility index (Phi) is 1.73. The molecule has 1 aromatic heterocycles. The molecule has 0 amide bonds. The summed E-state index contributed by atoms with van der Waals surface area (Å²) in [4.78, 5) is 3.85. The minimum atomic E-state index is 0.433. The average Bonchev–Trinajstić information content (AvgIpc) is 1.88. The van der Waals surface area contributed by atoms with E-state index in [0.717, 1.165) is 5.56 Å². The zero-order valence-corrected chi connectivity index (χ0v) is 5.76. The number of rotatable bonds is 1. The Hall–Kier alpha value is -1.29. The summed E-state index contributed by atoms with van der Waals surface area (Å²) >= 11 is 0. The van der Waals surface area contributed by atoms with Crippen LogP contribution in [0.4, 0.5) is 11.5 Å². The van der Waals surface area contributed by atoms with Gasteiger partial charge in [-0.15, -0.1) is 0 Å². The summed E-state index contributed by atoms with van der Waals surface area (Å²) in [7, 11) is 0. The fraction of sp³-hybridized carbons (Fsp3) is 0.167. The fourth-order valence-electron chi connectivity index (χ4n) is 0.767. The summed E-state index contributed by atoms with van der Waals surface area (Å²) in [6.45, 7) is 1.91. The smallest absolute Gasteiger partial charge is 0.148 e. The van der Waals surface area contributed by atoms with Gasteiger partial charge in [-0.25, -0.2) is 4.98 Å². The Morgan fingerprint density at radius 3 is 2.70 bits per heavy atom. The molecular formula is C6H10N4. The molecule has 0 aromatic carbocycles. The molecular weight excluding hydrogens is 128 g/mol. The molecule has 0 aliphatic rings. The molecule has 1 rings (SSSR count). The van der Waals surface area contributed by atoms with Crippen LogP contribution in [0.3, 0.4) is 0 Å². The summed E-state index contributed by atoms with van der Waals surface area (Å²) in [5.74, 6) is 5.61. The van der Waals surface area contributed by atoms with Crippen molar-refractivity contribution >= 4 is 11.5 Å². The van der Waals surface area contributed by atoms with Gasteiger partial charge in [0.2, 0.25) is 0 Å². The number of nitrogen functional groups attached to an aromatic ring is 2. The van der Waals surface area contributed by atoms with Crippen molar-refractivity contribution in [2.45, 2.75) is 6.92 Å². The van der Waals surface area contributed by atoms with Crippen LogP contribution in [0.2, 0.25) is 0 Å². The molecule has 0 atom stereocenters. The van der Waals surface area contributed by atoms with Crippen molar-refractivity contribution in [2.75, 3.05) is 11.2 Å². The van der Waals surface area contributed by atoms with Crippen LogP contribution in [-0.2, 0) is 0 Å². The second-order valence-electron chi connectivity index (χ2n) is 2.03. The summed E-state index contributed by atoms with van der Waals surface area (Å²) < 4.78 is 0. The lowest BCUT2D eigenvalue weighted by molar-refractivity contribution is 1.24. The lowest BCUT2D eigenvalue weighted by atomic mass is 10.2. The fourth-order valence-corrected chi connectivity index (χ4v) is 0.767. The number of nitrogens with zero attached hydrogens (tertiary/aromatic N) is 1. The van der Waals surface area contributed by atoms with Gasteiger partial charge >= 0.3 is 0 Å². The van der Waals surface area contributed by atoms with Crippen molar-refractivity contribution < 1.29 is 0 Å². The standard InChI is InChI=1S/C6H10N4/c1-4-2-3-9-6(7)5(4)10-8/h2-3,10H,8H2,1H3,(H2,7,9). The van der Waals surface area contributed by atoms with E-state index in [-0.39, 0.29) is 0 Å². The molecule has 54 valence electrons. The van der Waals surface area contributed by atoms with E-state index in [0.29, 0.717) is 11.5 Å². The molecule has 0 aliphatic heterocycles. The Balaban J connectivity index is 3.17. The van der Waals surface area contributed by atoms with Crippen LogP contribution in [-0.4, -0.2) is 4.98 Å². The molecule has 5 N–H and O–H groups in total. The van der Waals surface area contributed by atoms with Gasteiger partial charge in [-0.2, -0.15) is 0 Å². The predicted octanol–water partition coefficient (Wildman–Crippen LogP) is 0.258. The first-order valence-corrected chi connectivity index (χ1v) is 2.93. The first-order valence-electron chi connectivity index (χ1n) is 2.93. The number of nitrogens with two attached hydrogens (primary N) is 2. The molecule has 0 unspecified atom stereocenters. The Labute approximate surface area is 59.2 Å². The SMILES string of the molecule is Cc1ccnc(N)c1NN. The molecule has 0 fully saturated rings. The van der Waals surface area contributed by atoms with Crippen LogP contribution in [0, 0.1) is 6.92 Å². The van der Waals surface area contributed by atoms with Gasteiger partial charge in [0, 0.05) is 6.20 Å². The highest BCUT2D eigenvalue weighted by Gasteiger charge is 1.99. The molecule has 0 bridgehead atoms. The van der Waals surface area contributed by atoms with E-state index >= 15 is 0 Å². The predicted molar refractivity (Wildman–Crippen MR) is 41.2 cm³/mol. The third-order valence-electron chi connectivity index (χ3n) is 1.33. The third kappa shape index (κ3) is 1.01. The van der Waals surface area contributed by atoms with Crippen LogP contribution in [0.5, 0.6) is 0 Å². The Morgan fingerprint density at radius 1 is 1.60 bits per heavy atom. The number of aromatic nitrogens is 1. The first kappa shape index (κ1) is 6.82. The average molecular weight is 138 g/mol. The number of hydrazine groups is 1. The molecule has 1 heterocycles. The Bertz CT molecular complexity index is 213. The van der Waals surface area contributed by atoms with Crippen LogP contribution in [0.25, 0.3) is 0 Å². The molecule has 0 saturated heterocycles. The number of pyridine rings is 1. The van der Waals surface area contributed by atoms with Crippen molar-refractivity contribution in [3.63, 3.8) is 0 Å². The molecule has 0 radical (unpaired) electrons. The normalized spacial score (nSPS) is 9.40. The zero-order valence-electron chi connectivity index (χ0n) is 5.76. The molecule has 0 saturated carbocycles. The second-order valence-corrected chi connectivity index (χ2v) is 2.03. The molecule has 4 heteroatoms. The third-order valence-corrected chi connectivity index (χ3v) is 1.33. The topological polar surface area (TPSA) is 77.0 Å². The van der Waals surface area contributed by atoms with Crippen molar-refractivity contribution in [2.24, 2.45) is 5.84 Å². The molecule has 1 aromatic rings. The summed E-state index contributed by atoms with van der Waals surface area (Å²) in [5, 5.41) is 0. The van der Waals surface area contributed by atoms with Crippen molar-refractivity contribution in [3.8, 4) is 0 Å². The molecule has 10 heavy (non-hydrogen) atoms. The van der Waals surface area contributed by atoms with E-state index in [4.69, 9.17) is 11.6 Å². The number of aryl methyl sites for hydroxylation is 1. The summed E-state index contributed by atoms with van der Waals surface area (Å²) in [6.07, 6.45) is 1.64. The maximum atomic E-state index is 5.48. The zero-order chi connectivity index (χ0) is 7.56. The second kappa shape index (κ2) is 2.53.